The van der Waals surface area contributed by atoms with Crippen LogP contribution in [0, 0.1) is 0 Å². The molecule has 0 amide bonds. The van der Waals surface area contributed by atoms with E-state index in [0.29, 0.717) is 0 Å². The second-order valence-corrected chi connectivity index (χ2v) is 3.33. The van der Waals surface area contributed by atoms with Crippen molar-refractivity contribution in [3.8, 4) is 0 Å². The monoisotopic (exact) mass is 263 g/mol. The molecule has 0 bridgehead atoms. The summed E-state index contributed by atoms with van der Waals surface area (Å²) in [5.74, 6) is -3.27. The number of nitrogens with one attached hydrogen (secondary N) is 1. The summed E-state index contributed by atoms with van der Waals surface area (Å²) in [6.07, 6.45) is -4.50. The largest absolute Gasteiger partial charge is 0.479 e. The number of hydrogen-bond donors (Lipinski definition) is 3. The second-order valence-electron chi connectivity index (χ2n) is 3.33. The highest BCUT2D eigenvalue weighted by atomic mass is 19.4. The van der Waals surface area contributed by atoms with E-state index in [9.17, 15) is 22.8 Å². The van der Waals surface area contributed by atoms with E-state index in [2.05, 4.69) is 5.32 Å². The Morgan fingerprint density at radius 1 is 1.06 bits per heavy atom. The zero-order chi connectivity index (χ0) is 13.9. The van der Waals surface area contributed by atoms with E-state index in [0.717, 1.165) is 24.3 Å². The van der Waals surface area contributed by atoms with E-state index in [-0.39, 0.29) is 5.69 Å². The molecule has 0 fully saturated rings. The lowest BCUT2D eigenvalue weighted by molar-refractivity contribution is -0.148. The number of carboxylic acids is 2. The smallest absolute Gasteiger partial charge is 0.416 e. The molecule has 8 heteroatoms. The fourth-order valence-electron chi connectivity index (χ4n) is 1.15. The Bertz CT molecular complexity index is 441. The van der Waals surface area contributed by atoms with Crippen molar-refractivity contribution in [2.45, 2.75) is 12.2 Å². The first kappa shape index (κ1) is 13.8. The molecular weight excluding hydrogens is 255 g/mol. The van der Waals surface area contributed by atoms with Crippen LogP contribution in [0.4, 0.5) is 18.9 Å². The molecule has 0 saturated carbocycles. The standard InChI is InChI=1S/C10H8F3NO4/c11-10(12,13)5-1-3-6(4-2-5)14-7(8(15)16)9(17)18/h1-4,7,14H,(H,15,16)(H,17,18). The third kappa shape index (κ3) is 3.37. The average molecular weight is 263 g/mol. The quantitative estimate of drug-likeness (QED) is 0.719. The van der Waals surface area contributed by atoms with Crippen molar-refractivity contribution in [1.82, 2.24) is 0 Å². The molecule has 18 heavy (non-hydrogen) atoms. The minimum absolute atomic E-state index is 0.0298. The van der Waals surface area contributed by atoms with Crippen LogP contribution in [-0.2, 0) is 15.8 Å². The number of halogens is 3. The van der Waals surface area contributed by atoms with Crippen LogP contribution in [0.15, 0.2) is 24.3 Å². The first-order valence-corrected chi connectivity index (χ1v) is 4.61. The van der Waals surface area contributed by atoms with Gasteiger partial charge >= 0.3 is 18.1 Å². The molecule has 98 valence electrons. The van der Waals surface area contributed by atoms with E-state index in [1.165, 1.54) is 0 Å². The number of aliphatic carboxylic acids is 2. The molecular formula is C10H8F3NO4. The number of anilines is 1. The number of benzene rings is 1. The maximum absolute atomic E-state index is 12.2. The molecule has 0 heterocycles. The van der Waals surface area contributed by atoms with Crippen molar-refractivity contribution < 1.29 is 33.0 Å². The Hall–Kier alpha value is -2.25. The summed E-state index contributed by atoms with van der Waals surface area (Å²) in [7, 11) is 0. The first-order valence-electron chi connectivity index (χ1n) is 4.61. The van der Waals surface area contributed by atoms with Gasteiger partial charge in [0.2, 0.25) is 6.04 Å². The van der Waals surface area contributed by atoms with Gasteiger partial charge < -0.3 is 15.5 Å². The van der Waals surface area contributed by atoms with Crippen LogP contribution >= 0.6 is 0 Å². The molecule has 3 N–H and O–H groups in total. The highest BCUT2D eigenvalue weighted by Gasteiger charge is 2.30. The summed E-state index contributed by atoms with van der Waals surface area (Å²) in [5.41, 5.74) is -0.937. The molecule has 0 aliphatic carbocycles. The molecule has 0 aliphatic rings. The van der Waals surface area contributed by atoms with Gasteiger partial charge in [-0.25, -0.2) is 9.59 Å². The summed E-state index contributed by atoms with van der Waals surface area (Å²) < 4.78 is 36.7. The van der Waals surface area contributed by atoms with E-state index in [1.807, 2.05) is 0 Å². The normalized spacial score (nSPS) is 11.3. The molecule has 0 aliphatic heterocycles. The van der Waals surface area contributed by atoms with Gasteiger partial charge in [-0.15, -0.1) is 0 Å². The van der Waals surface area contributed by atoms with Gasteiger partial charge in [0.15, 0.2) is 0 Å². The molecule has 1 aromatic carbocycles. The third-order valence-electron chi connectivity index (χ3n) is 2.02. The number of rotatable bonds is 4. The van der Waals surface area contributed by atoms with Gasteiger partial charge in [-0.05, 0) is 24.3 Å². The zero-order valence-corrected chi connectivity index (χ0v) is 8.73. The van der Waals surface area contributed by atoms with E-state index >= 15 is 0 Å². The highest BCUT2D eigenvalue weighted by Crippen LogP contribution is 2.29. The molecule has 1 aromatic rings. The number of hydrogen-bond acceptors (Lipinski definition) is 3. The highest BCUT2D eigenvalue weighted by molar-refractivity contribution is 6.00. The number of carbonyl (C=O) groups is 2. The fraction of sp³-hybridized carbons (Fsp3) is 0.200. The van der Waals surface area contributed by atoms with Crippen LogP contribution in [0.3, 0.4) is 0 Å². The van der Waals surface area contributed by atoms with E-state index in [1.54, 1.807) is 0 Å². The minimum Gasteiger partial charge on any atom is -0.479 e. The van der Waals surface area contributed by atoms with Crippen LogP contribution in [0.2, 0.25) is 0 Å². The third-order valence-corrected chi connectivity index (χ3v) is 2.02. The van der Waals surface area contributed by atoms with E-state index < -0.39 is 29.7 Å². The van der Waals surface area contributed by atoms with Gasteiger partial charge in [-0.1, -0.05) is 0 Å². The fourth-order valence-corrected chi connectivity index (χ4v) is 1.15. The molecule has 0 radical (unpaired) electrons. The maximum atomic E-state index is 12.2. The second kappa shape index (κ2) is 4.94. The topological polar surface area (TPSA) is 86.6 Å². The molecule has 0 spiro atoms. The van der Waals surface area contributed by atoms with Crippen molar-refractivity contribution in [2.75, 3.05) is 5.32 Å². The average Bonchev–Trinajstić information content (AvgIpc) is 2.24. The van der Waals surface area contributed by atoms with Gasteiger partial charge in [-0.2, -0.15) is 13.2 Å². The first-order chi connectivity index (χ1) is 8.21. The summed E-state index contributed by atoms with van der Waals surface area (Å²) >= 11 is 0. The minimum atomic E-state index is -4.50. The Kier molecular flexibility index (Phi) is 3.79. The van der Waals surface area contributed by atoms with Crippen LogP contribution in [0.5, 0.6) is 0 Å². The van der Waals surface area contributed by atoms with Crippen molar-refractivity contribution in [3.05, 3.63) is 29.8 Å². The summed E-state index contributed by atoms with van der Waals surface area (Å²) in [6, 6.07) is 1.46. The zero-order valence-electron chi connectivity index (χ0n) is 8.73. The van der Waals surface area contributed by atoms with Gasteiger partial charge in [0, 0.05) is 5.69 Å². The Balaban J connectivity index is 2.86. The van der Waals surface area contributed by atoms with E-state index in [4.69, 9.17) is 10.2 Å². The molecule has 0 aromatic heterocycles. The lowest BCUT2D eigenvalue weighted by atomic mass is 10.2. The molecule has 5 nitrogen and oxygen atoms in total. The molecule has 0 unspecified atom stereocenters. The Morgan fingerprint density at radius 3 is 1.83 bits per heavy atom. The molecule has 1 rings (SSSR count). The van der Waals surface area contributed by atoms with Gasteiger partial charge in [0.05, 0.1) is 5.56 Å². The van der Waals surface area contributed by atoms with Crippen LogP contribution in [0.25, 0.3) is 0 Å². The van der Waals surface area contributed by atoms with Gasteiger partial charge in [0.1, 0.15) is 0 Å². The van der Waals surface area contributed by atoms with Crippen molar-refractivity contribution in [2.24, 2.45) is 0 Å². The lowest BCUT2D eigenvalue weighted by Crippen LogP contribution is -2.37. The van der Waals surface area contributed by atoms with Crippen molar-refractivity contribution in [3.63, 3.8) is 0 Å². The predicted octanol–water partition coefficient (Wildman–Crippen LogP) is 1.66. The van der Waals surface area contributed by atoms with Crippen LogP contribution in [0.1, 0.15) is 5.56 Å². The van der Waals surface area contributed by atoms with Crippen LogP contribution < -0.4 is 5.32 Å². The van der Waals surface area contributed by atoms with Gasteiger partial charge in [0.25, 0.3) is 0 Å². The molecule has 0 atom stereocenters. The molecule has 0 saturated heterocycles. The summed E-state index contributed by atoms with van der Waals surface area (Å²) in [5, 5.41) is 19.2. The predicted molar refractivity (Wildman–Crippen MR) is 54.1 cm³/mol. The summed E-state index contributed by atoms with van der Waals surface area (Å²) in [6.45, 7) is 0. The number of carboxylic acid groups (broad SMARTS) is 2. The Labute approximate surface area is 98.8 Å². The van der Waals surface area contributed by atoms with Gasteiger partial charge in [-0.3, -0.25) is 0 Å². The van der Waals surface area contributed by atoms with Crippen LogP contribution in [-0.4, -0.2) is 28.2 Å². The maximum Gasteiger partial charge on any atom is 0.416 e. The van der Waals surface area contributed by atoms with Crippen molar-refractivity contribution >= 4 is 17.6 Å². The lowest BCUT2D eigenvalue weighted by Gasteiger charge is -2.12. The Morgan fingerprint density at radius 2 is 1.50 bits per heavy atom. The summed E-state index contributed by atoms with van der Waals surface area (Å²) in [4.78, 5) is 21.1. The number of alkyl halides is 3. The van der Waals surface area contributed by atoms with Crippen molar-refractivity contribution in [1.29, 1.82) is 0 Å². The SMILES string of the molecule is O=C(O)C(Nc1ccc(C(F)(F)F)cc1)C(=O)O.